The van der Waals surface area contributed by atoms with Crippen molar-refractivity contribution in [3.05, 3.63) is 43.8 Å². The van der Waals surface area contributed by atoms with Crippen LogP contribution in [0.5, 0.6) is 0 Å². The molecule has 1 aromatic carbocycles. The summed E-state index contributed by atoms with van der Waals surface area (Å²) in [6, 6.07) is 5.35. The van der Waals surface area contributed by atoms with Crippen molar-refractivity contribution in [1.29, 1.82) is 0 Å². The van der Waals surface area contributed by atoms with E-state index in [9.17, 15) is 10.1 Å². The molecule has 16 heavy (non-hydrogen) atoms. The molecule has 0 spiro atoms. The summed E-state index contributed by atoms with van der Waals surface area (Å²) in [5, 5.41) is 12.8. The number of rotatable bonds is 2. The summed E-state index contributed by atoms with van der Waals surface area (Å²) < 4.78 is 0. The third kappa shape index (κ3) is 2.42. The molecule has 0 aliphatic heterocycles. The van der Waals surface area contributed by atoms with Gasteiger partial charge in [0.25, 0.3) is 5.70 Å². The van der Waals surface area contributed by atoms with E-state index in [2.05, 4.69) is 0 Å². The van der Waals surface area contributed by atoms with Crippen molar-refractivity contribution in [2.75, 3.05) is 0 Å². The fourth-order valence-corrected chi connectivity index (χ4v) is 1.91. The molecule has 4 heteroatoms. The van der Waals surface area contributed by atoms with Gasteiger partial charge in [0.2, 0.25) is 0 Å². The molecule has 0 saturated carbocycles. The van der Waals surface area contributed by atoms with Crippen LogP contribution in [-0.4, -0.2) is 4.92 Å². The molecule has 0 bridgehead atoms. The summed E-state index contributed by atoms with van der Waals surface area (Å²) in [7, 11) is 0. The molecule has 0 N–H and O–H groups in total. The zero-order valence-electron chi connectivity index (χ0n) is 9.58. The van der Waals surface area contributed by atoms with Crippen LogP contribution in [0.25, 0.3) is 11.3 Å². The van der Waals surface area contributed by atoms with Crippen LogP contribution in [0, 0.1) is 10.1 Å². The fraction of sp³-hybridized carbons (Fsp3) is 0.333. The zero-order chi connectivity index (χ0) is 12.3. The molecular formula is C12H14ClNO2. The maximum atomic E-state index is 11.0. The summed E-state index contributed by atoms with van der Waals surface area (Å²) in [5.41, 5.74) is 1.19. The standard InChI is InChI=1S/C12H14ClNO2/c1-4-11(14(15)16)12-9(8(2)3)6-5-7-10(12)13/h5-7H,4H2,1-3H3/b12-11-. The maximum Gasteiger partial charge on any atom is 0.255 e. The minimum absolute atomic E-state index is 0.168. The van der Waals surface area contributed by atoms with Crippen LogP contribution in [0.2, 0.25) is 5.02 Å². The normalized spacial score (nSPS) is 12.2. The molecule has 0 aliphatic rings. The molecule has 86 valence electrons. The van der Waals surface area contributed by atoms with Crippen molar-refractivity contribution in [2.45, 2.75) is 27.2 Å². The summed E-state index contributed by atoms with van der Waals surface area (Å²) in [5.74, 6) is 0. The van der Waals surface area contributed by atoms with Gasteiger partial charge < -0.3 is 0 Å². The smallest absolute Gasteiger partial charge is 0.255 e. The van der Waals surface area contributed by atoms with Crippen molar-refractivity contribution in [1.82, 2.24) is 0 Å². The lowest BCUT2D eigenvalue weighted by Crippen LogP contribution is -2.31. The molecule has 3 nitrogen and oxygen atoms in total. The molecule has 0 fully saturated rings. The van der Waals surface area contributed by atoms with Crippen LogP contribution in [0.3, 0.4) is 0 Å². The van der Waals surface area contributed by atoms with Gasteiger partial charge in [-0.25, -0.2) is 0 Å². The molecule has 1 aromatic rings. The van der Waals surface area contributed by atoms with Gasteiger partial charge in [-0.15, -0.1) is 0 Å². The second kappa shape index (κ2) is 5.12. The Morgan fingerprint density at radius 3 is 2.50 bits per heavy atom. The van der Waals surface area contributed by atoms with Crippen molar-refractivity contribution in [3.8, 4) is 0 Å². The Morgan fingerprint density at radius 1 is 1.44 bits per heavy atom. The van der Waals surface area contributed by atoms with Crippen molar-refractivity contribution >= 4 is 22.9 Å². The van der Waals surface area contributed by atoms with E-state index in [0.717, 1.165) is 10.8 Å². The zero-order valence-corrected chi connectivity index (χ0v) is 10.3. The van der Waals surface area contributed by atoms with Crippen LogP contribution >= 0.6 is 11.6 Å². The van der Waals surface area contributed by atoms with Crippen LogP contribution in [0.1, 0.15) is 27.2 Å². The highest BCUT2D eigenvalue weighted by molar-refractivity contribution is 6.30. The van der Waals surface area contributed by atoms with Gasteiger partial charge >= 0.3 is 0 Å². The Bertz CT molecular complexity index is 530. The molecule has 0 amide bonds. The lowest BCUT2D eigenvalue weighted by atomic mass is 10.1. The van der Waals surface area contributed by atoms with E-state index < -0.39 is 0 Å². The van der Waals surface area contributed by atoms with E-state index in [-0.39, 0.29) is 10.6 Å². The minimum atomic E-state index is -0.354. The Labute approximate surface area is 99.2 Å². The van der Waals surface area contributed by atoms with E-state index in [1.807, 2.05) is 19.9 Å². The van der Waals surface area contributed by atoms with E-state index in [1.54, 1.807) is 19.1 Å². The summed E-state index contributed by atoms with van der Waals surface area (Å²) in [4.78, 5) is 10.6. The van der Waals surface area contributed by atoms with Gasteiger partial charge in [-0.1, -0.05) is 36.2 Å². The Balaban J connectivity index is 3.94. The van der Waals surface area contributed by atoms with Gasteiger partial charge in [-0.05, 0) is 25.1 Å². The second-order valence-corrected chi connectivity index (χ2v) is 4.13. The first kappa shape index (κ1) is 12.7. The second-order valence-electron chi connectivity index (χ2n) is 3.72. The van der Waals surface area contributed by atoms with Gasteiger partial charge in [0.05, 0.1) is 15.2 Å². The van der Waals surface area contributed by atoms with E-state index in [1.165, 1.54) is 0 Å². The summed E-state index contributed by atoms with van der Waals surface area (Å²) >= 11 is 6.05. The number of hydrogen-bond acceptors (Lipinski definition) is 2. The molecule has 0 saturated heterocycles. The number of hydrogen-bond donors (Lipinski definition) is 0. The first-order chi connectivity index (χ1) is 7.49. The third-order valence-corrected chi connectivity index (χ3v) is 2.71. The molecule has 0 atom stereocenters. The lowest BCUT2D eigenvalue weighted by Gasteiger charge is -1.99. The first-order valence-corrected chi connectivity index (χ1v) is 5.46. The molecule has 0 aromatic heterocycles. The minimum Gasteiger partial charge on any atom is -0.259 e. The third-order valence-electron chi connectivity index (χ3n) is 2.40. The van der Waals surface area contributed by atoms with Crippen molar-refractivity contribution < 1.29 is 4.92 Å². The van der Waals surface area contributed by atoms with Crippen LogP contribution in [-0.2, 0) is 0 Å². The molecular weight excluding hydrogens is 226 g/mol. The van der Waals surface area contributed by atoms with Crippen molar-refractivity contribution in [3.63, 3.8) is 0 Å². The van der Waals surface area contributed by atoms with E-state index >= 15 is 0 Å². The highest BCUT2D eigenvalue weighted by Crippen LogP contribution is 2.05. The maximum absolute atomic E-state index is 11.0. The number of nitro groups is 1. The Kier molecular flexibility index (Phi) is 4.07. The highest BCUT2D eigenvalue weighted by atomic mass is 35.5. The number of nitrogens with zero attached hydrogens (tertiary/aromatic N) is 1. The topological polar surface area (TPSA) is 43.1 Å². The molecule has 1 rings (SSSR count). The van der Waals surface area contributed by atoms with Gasteiger partial charge in [-0.2, -0.15) is 0 Å². The molecule has 0 aliphatic carbocycles. The predicted octanol–water partition coefficient (Wildman–Crippen LogP) is 2.33. The Morgan fingerprint density at radius 2 is 2.06 bits per heavy atom. The van der Waals surface area contributed by atoms with Gasteiger partial charge in [0, 0.05) is 6.42 Å². The van der Waals surface area contributed by atoms with Crippen LogP contribution < -0.4 is 10.4 Å². The largest absolute Gasteiger partial charge is 0.259 e. The highest BCUT2D eigenvalue weighted by Gasteiger charge is 2.12. The predicted molar refractivity (Wildman–Crippen MR) is 66.2 cm³/mol. The average Bonchev–Trinajstić information content (AvgIpc) is 2.20. The number of halogens is 1. The Hall–Kier alpha value is -1.35. The summed E-state index contributed by atoms with van der Waals surface area (Å²) in [6.07, 6.45) is 0.358. The fourth-order valence-electron chi connectivity index (χ4n) is 1.63. The number of benzene rings is 1. The van der Waals surface area contributed by atoms with Crippen LogP contribution in [0.15, 0.2) is 18.2 Å². The molecule has 0 unspecified atom stereocenters. The lowest BCUT2D eigenvalue weighted by molar-refractivity contribution is -0.381. The monoisotopic (exact) mass is 239 g/mol. The SMILES string of the molecule is CC/C(=c1/c(Cl)cccc1=C(C)C)[N+](=O)[O-]. The van der Waals surface area contributed by atoms with Gasteiger partial charge in [0.15, 0.2) is 0 Å². The van der Waals surface area contributed by atoms with Gasteiger partial charge in [-0.3, -0.25) is 10.1 Å². The quantitative estimate of drug-likeness (QED) is 0.587. The first-order valence-electron chi connectivity index (χ1n) is 5.08. The summed E-state index contributed by atoms with van der Waals surface area (Å²) in [6.45, 7) is 5.60. The van der Waals surface area contributed by atoms with E-state index in [0.29, 0.717) is 16.7 Å². The molecule has 0 radical (unpaired) electrons. The molecule has 0 heterocycles. The average molecular weight is 240 g/mol. The van der Waals surface area contributed by atoms with E-state index in [4.69, 9.17) is 11.6 Å². The van der Waals surface area contributed by atoms with Crippen molar-refractivity contribution in [2.24, 2.45) is 0 Å². The van der Waals surface area contributed by atoms with Gasteiger partial charge in [0.1, 0.15) is 0 Å². The van der Waals surface area contributed by atoms with Crippen LogP contribution in [0.4, 0.5) is 0 Å².